The average Bonchev–Trinajstić information content (AvgIpc) is 2.99. The number of rotatable bonds is 11. The number of hydrogen-bond donors (Lipinski definition) is 2. The highest BCUT2D eigenvalue weighted by Gasteiger charge is 2.20. The molecule has 0 saturated carbocycles. The van der Waals surface area contributed by atoms with Crippen LogP contribution in [0.4, 0.5) is 0 Å². The summed E-state index contributed by atoms with van der Waals surface area (Å²) in [6.07, 6.45) is 0.556. The van der Waals surface area contributed by atoms with Crippen molar-refractivity contribution in [3.8, 4) is 28.7 Å². The van der Waals surface area contributed by atoms with Crippen molar-refractivity contribution >= 4 is 22.6 Å². The Morgan fingerprint density at radius 3 is 2.23 bits per heavy atom. The Morgan fingerprint density at radius 2 is 1.52 bits per heavy atom. The Balaban J connectivity index is 1.49. The minimum atomic E-state index is -0.604. The van der Waals surface area contributed by atoms with Gasteiger partial charge in [-0.25, -0.2) is 0 Å². The zero-order chi connectivity index (χ0) is 28.6. The third kappa shape index (κ3) is 5.98. The van der Waals surface area contributed by atoms with Crippen molar-refractivity contribution in [2.24, 2.45) is 0 Å². The first kappa shape index (κ1) is 28.0. The van der Waals surface area contributed by atoms with Gasteiger partial charge in [0.05, 0.1) is 40.4 Å². The zero-order valence-corrected chi connectivity index (χ0v) is 22.6. The first-order valence-corrected chi connectivity index (χ1v) is 12.4. The molecule has 40 heavy (non-hydrogen) atoms. The van der Waals surface area contributed by atoms with Crippen molar-refractivity contribution in [2.75, 3.05) is 41.5 Å². The molecular formula is C29H30N4O7. The van der Waals surface area contributed by atoms with Gasteiger partial charge in [0.25, 0.3) is 11.5 Å². The number of amides is 2. The molecule has 4 rings (SSSR count). The fourth-order valence-corrected chi connectivity index (χ4v) is 4.17. The van der Waals surface area contributed by atoms with E-state index in [0.717, 1.165) is 10.2 Å². The summed E-state index contributed by atoms with van der Waals surface area (Å²) in [6, 6.07) is 17.1. The average molecular weight is 547 g/mol. The number of nitrogens with zero attached hydrogens (tertiary/aromatic N) is 2. The minimum absolute atomic E-state index is 0.00815. The maximum Gasteiger partial charge on any atom is 0.279 e. The van der Waals surface area contributed by atoms with E-state index in [9.17, 15) is 14.4 Å². The number of nitrogens with one attached hydrogen (secondary N) is 2. The molecule has 1 aromatic heterocycles. The van der Waals surface area contributed by atoms with E-state index in [1.54, 1.807) is 62.8 Å². The van der Waals surface area contributed by atoms with Crippen molar-refractivity contribution < 1.29 is 28.5 Å². The molecule has 0 atom stereocenters. The van der Waals surface area contributed by atoms with Gasteiger partial charge in [-0.2, -0.15) is 9.78 Å². The number of carbonyl (C=O) groups is 2. The monoisotopic (exact) mass is 546 g/mol. The largest absolute Gasteiger partial charge is 0.497 e. The van der Waals surface area contributed by atoms with Crippen LogP contribution in [0.2, 0.25) is 0 Å². The summed E-state index contributed by atoms with van der Waals surface area (Å²) in [7, 11) is 6.10. The minimum Gasteiger partial charge on any atom is -0.497 e. The maximum absolute atomic E-state index is 13.3. The van der Waals surface area contributed by atoms with Crippen LogP contribution >= 0.6 is 0 Å². The van der Waals surface area contributed by atoms with Gasteiger partial charge in [-0.1, -0.05) is 24.3 Å². The van der Waals surface area contributed by atoms with Crippen LogP contribution < -0.4 is 35.1 Å². The summed E-state index contributed by atoms with van der Waals surface area (Å²) >= 11 is 0. The topological polar surface area (TPSA) is 130 Å². The second-order valence-electron chi connectivity index (χ2n) is 8.62. The number of hydrogen-bond acceptors (Lipinski definition) is 8. The van der Waals surface area contributed by atoms with Gasteiger partial charge in [-0.3, -0.25) is 14.4 Å². The smallest absolute Gasteiger partial charge is 0.279 e. The molecule has 0 aliphatic heterocycles. The highest BCUT2D eigenvalue weighted by atomic mass is 16.5. The van der Waals surface area contributed by atoms with Gasteiger partial charge in [0.15, 0.2) is 17.2 Å². The predicted molar refractivity (Wildman–Crippen MR) is 149 cm³/mol. The quantitative estimate of drug-likeness (QED) is 0.294. The number of carbonyl (C=O) groups excluding carboxylic acids is 2. The van der Waals surface area contributed by atoms with Gasteiger partial charge in [0, 0.05) is 18.0 Å². The molecule has 0 unspecified atom stereocenters. The third-order valence-corrected chi connectivity index (χ3v) is 6.23. The lowest BCUT2D eigenvalue weighted by Crippen LogP contribution is -2.38. The molecule has 3 aromatic carbocycles. The van der Waals surface area contributed by atoms with E-state index in [2.05, 4.69) is 15.7 Å². The Hall–Kier alpha value is -5.06. The molecule has 0 fully saturated rings. The van der Waals surface area contributed by atoms with Crippen molar-refractivity contribution in [3.63, 3.8) is 0 Å². The Bertz CT molecular complexity index is 1600. The number of ether oxygens (including phenoxy) is 4. The fourth-order valence-electron chi connectivity index (χ4n) is 4.17. The van der Waals surface area contributed by atoms with Crippen LogP contribution in [0.5, 0.6) is 23.0 Å². The van der Waals surface area contributed by atoms with Crippen LogP contribution in [-0.4, -0.2) is 63.1 Å². The van der Waals surface area contributed by atoms with E-state index in [0.29, 0.717) is 52.4 Å². The summed E-state index contributed by atoms with van der Waals surface area (Å²) < 4.78 is 22.3. The Morgan fingerprint density at radius 1 is 0.800 bits per heavy atom. The molecule has 0 spiro atoms. The molecule has 0 radical (unpaired) electrons. The summed E-state index contributed by atoms with van der Waals surface area (Å²) in [6.45, 7) is 0.0826. The second-order valence-corrected chi connectivity index (χ2v) is 8.62. The van der Waals surface area contributed by atoms with E-state index in [4.69, 9.17) is 18.9 Å². The molecule has 0 aliphatic carbocycles. The van der Waals surface area contributed by atoms with Crippen molar-refractivity contribution in [3.05, 3.63) is 82.3 Å². The third-order valence-electron chi connectivity index (χ3n) is 6.23. The van der Waals surface area contributed by atoms with Crippen LogP contribution in [0.25, 0.3) is 16.5 Å². The Labute approximate surface area is 230 Å². The number of benzene rings is 3. The molecule has 0 saturated heterocycles. The van der Waals surface area contributed by atoms with Crippen LogP contribution in [0.15, 0.2) is 65.5 Å². The van der Waals surface area contributed by atoms with Gasteiger partial charge in [-0.05, 0) is 42.3 Å². The summed E-state index contributed by atoms with van der Waals surface area (Å²) in [5, 5.41) is 10.4. The molecule has 4 aromatic rings. The lowest BCUT2D eigenvalue weighted by Gasteiger charge is -2.14. The normalized spacial score (nSPS) is 10.6. The lowest BCUT2D eigenvalue weighted by molar-refractivity contribution is -0.120. The van der Waals surface area contributed by atoms with Gasteiger partial charge in [0.2, 0.25) is 5.91 Å². The number of methoxy groups -OCH3 is 4. The molecule has 0 aliphatic rings. The maximum atomic E-state index is 13.3. The highest BCUT2D eigenvalue weighted by Crippen LogP contribution is 2.28. The van der Waals surface area contributed by atoms with E-state index in [1.165, 1.54) is 14.2 Å². The number of fused-ring (bicyclic) bond motifs is 1. The molecule has 1 heterocycles. The van der Waals surface area contributed by atoms with Crippen molar-refractivity contribution in [1.82, 2.24) is 20.4 Å². The van der Waals surface area contributed by atoms with E-state index in [1.807, 2.05) is 12.1 Å². The highest BCUT2D eigenvalue weighted by molar-refractivity contribution is 6.05. The molecule has 2 amide bonds. The number of aromatic nitrogens is 2. The lowest BCUT2D eigenvalue weighted by atomic mass is 10.1. The molecule has 0 bridgehead atoms. The molecule has 208 valence electrons. The van der Waals surface area contributed by atoms with E-state index in [-0.39, 0.29) is 18.1 Å². The fraction of sp³-hybridized carbons (Fsp3) is 0.241. The first-order valence-electron chi connectivity index (χ1n) is 12.4. The SMILES string of the molecule is COc1ccc(-n2nc(C(=O)NCC(=O)NCCc3ccc(OC)c(OC)c3)c3ccccc3c2=O)c(OC)c1. The summed E-state index contributed by atoms with van der Waals surface area (Å²) in [5.41, 5.74) is 0.851. The molecular weight excluding hydrogens is 516 g/mol. The van der Waals surface area contributed by atoms with Crippen LogP contribution in [0.3, 0.4) is 0 Å². The molecule has 2 N–H and O–H groups in total. The molecule has 11 heteroatoms. The van der Waals surface area contributed by atoms with Crippen LogP contribution in [0, 0.1) is 0 Å². The summed E-state index contributed by atoms with van der Waals surface area (Å²) in [4.78, 5) is 39.0. The van der Waals surface area contributed by atoms with E-state index < -0.39 is 11.5 Å². The van der Waals surface area contributed by atoms with Gasteiger partial charge in [-0.15, -0.1) is 0 Å². The van der Waals surface area contributed by atoms with Crippen molar-refractivity contribution in [1.29, 1.82) is 0 Å². The van der Waals surface area contributed by atoms with Crippen LogP contribution in [0.1, 0.15) is 16.1 Å². The van der Waals surface area contributed by atoms with Gasteiger partial charge < -0.3 is 29.6 Å². The van der Waals surface area contributed by atoms with Crippen molar-refractivity contribution in [2.45, 2.75) is 6.42 Å². The molecule has 11 nitrogen and oxygen atoms in total. The van der Waals surface area contributed by atoms with Gasteiger partial charge in [0.1, 0.15) is 17.2 Å². The predicted octanol–water partition coefficient (Wildman–Crippen LogP) is 2.51. The second kappa shape index (κ2) is 12.7. The van der Waals surface area contributed by atoms with Crippen LogP contribution in [-0.2, 0) is 11.2 Å². The summed E-state index contributed by atoms with van der Waals surface area (Å²) in [5.74, 6) is 1.12. The Kier molecular flexibility index (Phi) is 8.85. The first-order chi connectivity index (χ1) is 19.4. The standard InChI is InChI=1S/C29H30N4O7/c1-37-19-10-11-22(24(16-19)39-3)33-29(36)21-8-6-5-7-20(21)27(32-33)28(35)31-17-26(34)30-14-13-18-9-12-23(38-2)25(15-18)40-4/h5-12,15-16H,13-14,17H2,1-4H3,(H,30,34)(H,31,35). The van der Waals surface area contributed by atoms with E-state index >= 15 is 0 Å². The zero-order valence-electron chi connectivity index (χ0n) is 22.6. The van der Waals surface area contributed by atoms with Gasteiger partial charge >= 0.3 is 0 Å².